The Morgan fingerprint density at radius 3 is 3.00 bits per heavy atom. The van der Waals surface area contributed by atoms with Crippen LogP contribution in [0.4, 0.5) is 4.79 Å². The van der Waals surface area contributed by atoms with Gasteiger partial charge < -0.3 is 15.4 Å². The molecule has 1 fully saturated rings. The third-order valence-corrected chi connectivity index (χ3v) is 1.75. The molecule has 0 bridgehead atoms. The van der Waals surface area contributed by atoms with Crippen molar-refractivity contribution in [1.29, 1.82) is 0 Å². The molecule has 0 aromatic heterocycles. The molecule has 2 amide bonds. The van der Waals surface area contributed by atoms with Crippen LogP contribution in [0.25, 0.3) is 0 Å². The van der Waals surface area contributed by atoms with Crippen LogP contribution < -0.4 is 10.6 Å². The van der Waals surface area contributed by atoms with Crippen LogP contribution in [0.1, 0.15) is 19.3 Å². The molecule has 2 N–H and O–H groups in total. The van der Waals surface area contributed by atoms with Crippen molar-refractivity contribution in [3.8, 4) is 0 Å². The fourth-order valence-electron chi connectivity index (χ4n) is 0.905. The van der Waals surface area contributed by atoms with Crippen LogP contribution in [0.5, 0.6) is 0 Å². The number of nitrogens with one attached hydrogen (secondary N) is 2. The first-order valence-electron chi connectivity index (χ1n) is 4.60. The Balaban J connectivity index is 1.85. The summed E-state index contributed by atoms with van der Waals surface area (Å²) < 4.78 is 4.90. The maximum absolute atomic E-state index is 11.0. The summed E-state index contributed by atoms with van der Waals surface area (Å²) >= 11 is 0. The van der Waals surface area contributed by atoms with Gasteiger partial charge in [-0.2, -0.15) is 0 Å². The van der Waals surface area contributed by atoms with Crippen LogP contribution in [0.2, 0.25) is 0 Å². The van der Waals surface area contributed by atoms with E-state index < -0.39 is 0 Å². The summed E-state index contributed by atoms with van der Waals surface area (Å²) in [6, 6.07) is 0.352. The second kappa shape index (κ2) is 5.45. The Labute approximate surface area is 78.3 Å². The van der Waals surface area contributed by atoms with Gasteiger partial charge in [0.05, 0.1) is 12.9 Å². The van der Waals surface area contributed by atoms with Gasteiger partial charge in [-0.1, -0.05) is 6.58 Å². The highest BCUT2D eigenvalue weighted by molar-refractivity contribution is 5.74. The molecule has 0 aliphatic heterocycles. The molecule has 0 spiro atoms. The zero-order valence-electron chi connectivity index (χ0n) is 7.71. The maximum Gasteiger partial charge on any atom is 0.315 e. The van der Waals surface area contributed by atoms with Gasteiger partial charge in [0.25, 0.3) is 0 Å². The van der Waals surface area contributed by atoms with Crippen molar-refractivity contribution in [2.75, 3.05) is 13.2 Å². The molecule has 0 saturated heterocycles. The lowest BCUT2D eigenvalue weighted by atomic mass is 10.4. The zero-order chi connectivity index (χ0) is 9.52. The van der Waals surface area contributed by atoms with Crippen LogP contribution in [0.3, 0.4) is 0 Å². The monoisotopic (exact) mass is 184 g/mol. The number of carbonyl (C=O) groups excluding carboxylic acids is 1. The molecule has 4 heteroatoms. The van der Waals surface area contributed by atoms with Crippen molar-refractivity contribution in [3.05, 3.63) is 12.8 Å². The predicted molar refractivity (Wildman–Crippen MR) is 50.3 cm³/mol. The fraction of sp³-hybridized carbons (Fsp3) is 0.667. The molecule has 0 radical (unpaired) electrons. The summed E-state index contributed by atoms with van der Waals surface area (Å²) in [5.41, 5.74) is 0. The Kier molecular flexibility index (Phi) is 4.15. The van der Waals surface area contributed by atoms with Gasteiger partial charge in [-0.3, -0.25) is 0 Å². The van der Waals surface area contributed by atoms with Gasteiger partial charge in [0.2, 0.25) is 0 Å². The normalized spacial score (nSPS) is 14.8. The van der Waals surface area contributed by atoms with Crippen molar-refractivity contribution in [2.45, 2.75) is 25.3 Å². The highest BCUT2D eigenvalue weighted by Crippen LogP contribution is 2.18. The van der Waals surface area contributed by atoms with Crippen LogP contribution in [0.15, 0.2) is 12.8 Å². The number of hydrogen-bond donors (Lipinski definition) is 2. The summed E-state index contributed by atoms with van der Waals surface area (Å²) in [6.45, 7) is 4.67. The molecule has 1 saturated carbocycles. The fourth-order valence-corrected chi connectivity index (χ4v) is 0.905. The number of hydrogen-bond acceptors (Lipinski definition) is 2. The molecule has 0 aromatic rings. The smallest absolute Gasteiger partial charge is 0.315 e. The lowest BCUT2D eigenvalue weighted by Gasteiger charge is -2.05. The van der Waals surface area contributed by atoms with Gasteiger partial charge in [-0.05, 0) is 19.3 Å². The van der Waals surface area contributed by atoms with Crippen molar-refractivity contribution in [1.82, 2.24) is 10.6 Å². The lowest BCUT2D eigenvalue weighted by molar-refractivity contribution is 0.231. The third-order valence-electron chi connectivity index (χ3n) is 1.75. The minimum atomic E-state index is -0.0684. The standard InChI is InChI=1S/C9H16N2O2/c1-2-13-7-3-6-10-9(12)11-8-4-5-8/h2,8H,1,3-7H2,(H2,10,11,12). The average molecular weight is 184 g/mol. The van der Waals surface area contributed by atoms with Crippen LogP contribution in [0, 0.1) is 0 Å². The Bertz CT molecular complexity index is 178. The molecule has 0 atom stereocenters. The number of amides is 2. The van der Waals surface area contributed by atoms with Crippen LogP contribution in [-0.2, 0) is 4.74 Å². The molecular weight excluding hydrogens is 168 g/mol. The van der Waals surface area contributed by atoms with Gasteiger partial charge in [0.15, 0.2) is 0 Å². The quantitative estimate of drug-likeness (QED) is 0.478. The summed E-state index contributed by atoms with van der Waals surface area (Å²) in [7, 11) is 0. The van der Waals surface area contributed by atoms with Gasteiger partial charge in [0, 0.05) is 12.6 Å². The van der Waals surface area contributed by atoms with Crippen molar-refractivity contribution < 1.29 is 9.53 Å². The second-order valence-electron chi connectivity index (χ2n) is 3.07. The van der Waals surface area contributed by atoms with Crippen molar-refractivity contribution in [3.63, 3.8) is 0 Å². The minimum Gasteiger partial charge on any atom is -0.502 e. The molecule has 74 valence electrons. The Morgan fingerprint density at radius 2 is 2.38 bits per heavy atom. The van der Waals surface area contributed by atoms with E-state index in [2.05, 4.69) is 17.2 Å². The molecule has 4 nitrogen and oxygen atoms in total. The second-order valence-corrected chi connectivity index (χ2v) is 3.07. The Morgan fingerprint density at radius 1 is 1.62 bits per heavy atom. The average Bonchev–Trinajstić information content (AvgIpc) is 2.88. The van der Waals surface area contributed by atoms with E-state index in [1.54, 1.807) is 0 Å². The van der Waals surface area contributed by atoms with E-state index in [4.69, 9.17) is 4.74 Å². The largest absolute Gasteiger partial charge is 0.502 e. The zero-order valence-corrected chi connectivity index (χ0v) is 7.71. The first-order chi connectivity index (χ1) is 6.33. The van der Waals surface area contributed by atoms with Crippen LogP contribution >= 0.6 is 0 Å². The number of urea groups is 1. The van der Waals surface area contributed by atoms with Gasteiger partial charge in [0.1, 0.15) is 0 Å². The molecule has 1 aliphatic carbocycles. The highest BCUT2D eigenvalue weighted by atomic mass is 16.5. The molecule has 0 unspecified atom stereocenters. The highest BCUT2D eigenvalue weighted by Gasteiger charge is 2.22. The summed E-state index contributed by atoms with van der Waals surface area (Å²) in [4.78, 5) is 11.0. The first-order valence-corrected chi connectivity index (χ1v) is 4.60. The summed E-state index contributed by atoms with van der Waals surface area (Å²) in [5, 5.41) is 5.58. The van der Waals surface area contributed by atoms with Gasteiger partial charge >= 0.3 is 6.03 Å². The molecule has 13 heavy (non-hydrogen) atoms. The van der Waals surface area contributed by atoms with E-state index in [1.807, 2.05) is 0 Å². The van der Waals surface area contributed by atoms with Gasteiger partial charge in [-0.15, -0.1) is 0 Å². The summed E-state index contributed by atoms with van der Waals surface area (Å²) in [6.07, 6.45) is 4.45. The van der Waals surface area contributed by atoms with Crippen molar-refractivity contribution in [2.24, 2.45) is 0 Å². The van der Waals surface area contributed by atoms with E-state index in [-0.39, 0.29) is 6.03 Å². The number of ether oxygens (including phenoxy) is 1. The number of carbonyl (C=O) groups is 1. The SMILES string of the molecule is C=COCCCNC(=O)NC1CC1. The van der Waals surface area contributed by atoms with Gasteiger partial charge in [-0.25, -0.2) is 4.79 Å². The molecule has 0 heterocycles. The van der Waals surface area contributed by atoms with E-state index in [0.717, 1.165) is 19.3 Å². The lowest BCUT2D eigenvalue weighted by Crippen LogP contribution is -2.37. The summed E-state index contributed by atoms with van der Waals surface area (Å²) in [5.74, 6) is 0. The first kappa shape index (κ1) is 9.89. The molecule has 1 aliphatic rings. The Hall–Kier alpha value is -1.19. The van der Waals surface area contributed by atoms with Crippen molar-refractivity contribution >= 4 is 6.03 Å². The topological polar surface area (TPSA) is 50.4 Å². The third kappa shape index (κ3) is 5.11. The number of rotatable bonds is 6. The van der Waals surface area contributed by atoms with E-state index in [0.29, 0.717) is 19.2 Å². The van der Waals surface area contributed by atoms with E-state index >= 15 is 0 Å². The molecule has 1 rings (SSSR count). The molecular formula is C9H16N2O2. The maximum atomic E-state index is 11.0. The molecule has 0 aromatic carbocycles. The van der Waals surface area contributed by atoms with E-state index in [1.165, 1.54) is 6.26 Å². The minimum absolute atomic E-state index is 0.0684. The van der Waals surface area contributed by atoms with Crippen LogP contribution in [-0.4, -0.2) is 25.2 Å². The predicted octanol–water partition coefficient (Wildman–Crippen LogP) is 0.998. The van der Waals surface area contributed by atoms with E-state index in [9.17, 15) is 4.79 Å².